The highest BCUT2D eigenvalue weighted by Crippen LogP contribution is 2.23. The Morgan fingerprint density at radius 1 is 1.24 bits per heavy atom. The third-order valence-corrected chi connectivity index (χ3v) is 3.73. The summed E-state index contributed by atoms with van der Waals surface area (Å²) >= 11 is 0. The van der Waals surface area contributed by atoms with E-state index in [9.17, 15) is 0 Å². The summed E-state index contributed by atoms with van der Waals surface area (Å²) in [6.07, 6.45) is 9.85. The van der Waals surface area contributed by atoms with Crippen molar-refractivity contribution in [3.05, 3.63) is 0 Å². The second kappa shape index (κ2) is 8.06. The molecule has 0 bridgehead atoms. The van der Waals surface area contributed by atoms with E-state index in [0.29, 0.717) is 0 Å². The van der Waals surface area contributed by atoms with Crippen LogP contribution in [0.15, 0.2) is 0 Å². The van der Waals surface area contributed by atoms with Gasteiger partial charge in [-0.25, -0.2) is 0 Å². The summed E-state index contributed by atoms with van der Waals surface area (Å²) in [6, 6.07) is 0. The summed E-state index contributed by atoms with van der Waals surface area (Å²) < 4.78 is 5.72. The molecule has 0 spiro atoms. The van der Waals surface area contributed by atoms with Gasteiger partial charge in [0.25, 0.3) is 0 Å². The molecule has 3 heteroatoms. The van der Waals surface area contributed by atoms with Gasteiger partial charge in [0.1, 0.15) is 0 Å². The van der Waals surface area contributed by atoms with Crippen LogP contribution in [0.1, 0.15) is 58.3 Å². The first-order valence-electron chi connectivity index (χ1n) is 7.11. The molecule has 1 atom stereocenters. The Hall–Kier alpha value is -0.120. The highest BCUT2D eigenvalue weighted by Gasteiger charge is 2.16. The summed E-state index contributed by atoms with van der Waals surface area (Å²) in [5, 5.41) is 9.01. The minimum Gasteiger partial charge on any atom is -0.394 e. The number of aliphatic hydroxyl groups is 1. The van der Waals surface area contributed by atoms with Gasteiger partial charge in [-0.3, -0.25) is 0 Å². The van der Waals surface area contributed by atoms with E-state index < -0.39 is 5.54 Å². The van der Waals surface area contributed by atoms with E-state index in [1.165, 1.54) is 32.1 Å². The molecule has 0 heterocycles. The molecule has 0 aromatic heterocycles. The predicted molar refractivity (Wildman–Crippen MR) is 70.9 cm³/mol. The Morgan fingerprint density at radius 2 is 1.94 bits per heavy atom. The molecule has 1 saturated carbocycles. The van der Waals surface area contributed by atoms with E-state index in [0.717, 1.165) is 38.4 Å². The number of aliphatic hydroxyl groups excluding tert-OH is 1. The lowest BCUT2D eigenvalue weighted by Crippen LogP contribution is -2.39. The first-order valence-corrected chi connectivity index (χ1v) is 7.11. The molecule has 0 radical (unpaired) electrons. The van der Waals surface area contributed by atoms with Crippen molar-refractivity contribution in [1.29, 1.82) is 0 Å². The van der Waals surface area contributed by atoms with E-state index in [1.807, 2.05) is 6.92 Å². The standard InChI is InChI=1S/C14H29NO2/c1-14(15,12-16)9-5-6-10-17-11-13-7-3-2-4-8-13/h13,16H,2-12,15H2,1H3. The molecule has 1 aliphatic carbocycles. The second-order valence-electron chi connectivity index (χ2n) is 5.85. The Kier molecular flexibility index (Phi) is 7.09. The molecule has 0 aromatic rings. The van der Waals surface area contributed by atoms with Crippen molar-refractivity contribution >= 4 is 0 Å². The number of hydrogen-bond acceptors (Lipinski definition) is 3. The lowest BCUT2D eigenvalue weighted by molar-refractivity contribution is 0.0808. The molecule has 1 rings (SSSR count). The molecule has 0 saturated heterocycles. The highest BCUT2D eigenvalue weighted by atomic mass is 16.5. The summed E-state index contributed by atoms with van der Waals surface area (Å²) in [6.45, 7) is 3.75. The number of unbranched alkanes of at least 4 members (excludes halogenated alkanes) is 1. The maximum atomic E-state index is 9.01. The number of nitrogens with two attached hydrogens (primary N) is 1. The van der Waals surface area contributed by atoms with Crippen LogP contribution in [0.4, 0.5) is 0 Å². The van der Waals surface area contributed by atoms with Crippen molar-refractivity contribution in [3.8, 4) is 0 Å². The summed E-state index contributed by atoms with van der Waals surface area (Å²) in [5.74, 6) is 0.806. The van der Waals surface area contributed by atoms with Crippen LogP contribution in [0.5, 0.6) is 0 Å². The first-order chi connectivity index (χ1) is 8.14. The molecule has 3 nitrogen and oxygen atoms in total. The Bertz CT molecular complexity index is 189. The molecule has 1 unspecified atom stereocenters. The minimum absolute atomic E-state index is 0.0654. The van der Waals surface area contributed by atoms with Gasteiger partial charge in [0.15, 0.2) is 0 Å². The Morgan fingerprint density at radius 3 is 2.59 bits per heavy atom. The Balaban J connectivity index is 1.90. The SMILES string of the molecule is CC(N)(CO)CCCCOCC1CCCCC1. The van der Waals surface area contributed by atoms with Gasteiger partial charge >= 0.3 is 0 Å². The maximum absolute atomic E-state index is 9.01. The zero-order chi connectivity index (χ0) is 12.6. The van der Waals surface area contributed by atoms with Crippen molar-refractivity contribution in [2.45, 2.75) is 63.8 Å². The van der Waals surface area contributed by atoms with Crippen molar-refractivity contribution in [2.24, 2.45) is 11.7 Å². The monoisotopic (exact) mass is 243 g/mol. The normalized spacial score (nSPS) is 21.4. The third kappa shape index (κ3) is 7.02. The second-order valence-corrected chi connectivity index (χ2v) is 5.85. The van der Waals surface area contributed by atoms with Crippen LogP contribution in [0.3, 0.4) is 0 Å². The van der Waals surface area contributed by atoms with Gasteiger partial charge in [-0.1, -0.05) is 19.3 Å². The molecular weight excluding hydrogens is 214 g/mol. The minimum atomic E-state index is -0.413. The topological polar surface area (TPSA) is 55.5 Å². The Labute approximate surface area is 106 Å². The van der Waals surface area contributed by atoms with E-state index in [2.05, 4.69) is 0 Å². The van der Waals surface area contributed by atoms with E-state index in [-0.39, 0.29) is 6.61 Å². The summed E-state index contributed by atoms with van der Waals surface area (Å²) in [5.41, 5.74) is 5.44. The van der Waals surface area contributed by atoms with Gasteiger partial charge in [-0.2, -0.15) is 0 Å². The molecule has 0 aromatic carbocycles. The van der Waals surface area contributed by atoms with Crippen LogP contribution < -0.4 is 5.73 Å². The molecule has 0 aliphatic heterocycles. The molecular formula is C14H29NO2. The number of rotatable bonds is 8. The van der Waals surface area contributed by atoms with E-state index in [4.69, 9.17) is 15.6 Å². The molecule has 1 aliphatic rings. The number of hydrogen-bond donors (Lipinski definition) is 2. The molecule has 3 N–H and O–H groups in total. The first kappa shape index (κ1) is 14.9. The average molecular weight is 243 g/mol. The van der Waals surface area contributed by atoms with Crippen LogP contribution in [0, 0.1) is 5.92 Å². The van der Waals surface area contributed by atoms with Crippen LogP contribution in [-0.2, 0) is 4.74 Å². The van der Waals surface area contributed by atoms with Gasteiger partial charge in [0.2, 0.25) is 0 Å². The zero-order valence-corrected chi connectivity index (χ0v) is 11.3. The summed E-state index contributed by atoms with van der Waals surface area (Å²) in [4.78, 5) is 0. The fourth-order valence-electron chi connectivity index (χ4n) is 2.42. The van der Waals surface area contributed by atoms with Crippen molar-refractivity contribution in [1.82, 2.24) is 0 Å². The predicted octanol–water partition coefficient (Wildman–Crippen LogP) is 2.46. The highest BCUT2D eigenvalue weighted by molar-refractivity contribution is 4.76. The van der Waals surface area contributed by atoms with Crippen LogP contribution >= 0.6 is 0 Å². The zero-order valence-electron chi connectivity index (χ0n) is 11.3. The van der Waals surface area contributed by atoms with Crippen molar-refractivity contribution in [2.75, 3.05) is 19.8 Å². The largest absolute Gasteiger partial charge is 0.394 e. The lowest BCUT2D eigenvalue weighted by Gasteiger charge is -2.22. The smallest absolute Gasteiger partial charge is 0.0608 e. The van der Waals surface area contributed by atoms with E-state index in [1.54, 1.807) is 0 Å². The molecule has 1 fully saturated rings. The van der Waals surface area contributed by atoms with Crippen molar-refractivity contribution < 1.29 is 9.84 Å². The molecule has 0 amide bonds. The van der Waals surface area contributed by atoms with E-state index >= 15 is 0 Å². The fourth-order valence-corrected chi connectivity index (χ4v) is 2.42. The molecule has 17 heavy (non-hydrogen) atoms. The quantitative estimate of drug-likeness (QED) is 0.644. The van der Waals surface area contributed by atoms with Crippen LogP contribution in [0.2, 0.25) is 0 Å². The van der Waals surface area contributed by atoms with Gasteiger partial charge in [0, 0.05) is 18.8 Å². The van der Waals surface area contributed by atoms with Crippen LogP contribution in [0.25, 0.3) is 0 Å². The van der Waals surface area contributed by atoms with Gasteiger partial charge < -0.3 is 15.6 Å². The molecule has 102 valence electrons. The number of ether oxygens (including phenoxy) is 1. The fraction of sp³-hybridized carbons (Fsp3) is 1.00. The average Bonchev–Trinajstić information content (AvgIpc) is 2.35. The van der Waals surface area contributed by atoms with Gasteiger partial charge in [-0.15, -0.1) is 0 Å². The van der Waals surface area contributed by atoms with Crippen LogP contribution in [-0.4, -0.2) is 30.5 Å². The maximum Gasteiger partial charge on any atom is 0.0608 e. The third-order valence-electron chi connectivity index (χ3n) is 3.73. The van der Waals surface area contributed by atoms with Gasteiger partial charge in [0.05, 0.1) is 6.61 Å². The van der Waals surface area contributed by atoms with Gasteiger partial charge in [-0.05, 0) is 44.9 Å². The lowest BCUT2D eigenvalue weighted by atomic mass is 9.90. The summed E-state index contributed by atoms with van der Waals surface area (Å²) in [7, 11) is 0. The van der Waals surface area contributed by atoms with Crippen molar-refractivity contribution in [3.63, 3.8) is 0 Å².